The Labute approximate surface area is 112 Å². The van der Waals surface area contributed by atoms with Crippen molar-refractivity contribution >= 4 is 0 Å². The van der Waals surface area contributed by atoms with Crippen molar-refractivity contribution in [1.82, 2.24) is 0 Å². The van der Waals surface area contributed by atoms with E-state index in [9.17, 15) is 10.2 Å². The number of ether oxygens (including phenoxy) is 2. The Balaban J connectivity index is 1.58. The molecule has 2 N–H and O–H groups in total. The van der Waals surface area contributed by atoms with E-state index >= 15 is 0 Å². The lowest BCUT2D eigenvalue weighted by Gasteiger charge is -2.44. The molecule has 0 amide bonds. The third-order valence-electron chi connectivity index (χ3n) is 4.77. The van der Waals surface area contributed by atoms with Crippen LogP contribution in [0, 0.1) is 0 Å². The predicted octanol–water partition coefficient (Wildman–Crippen LogP) is 1.07. The molecule has 104 valence electrons. The Hall–Kier alpha value is -0.680. The predicted molar refractivity (Wildman–Crippen MR) is 68.6 cm³/mol. The maximum absolute atomic E-state index is 9.98. The van der Waals surface area contributed by atoms with Crippen LogP contribution in [0.2, 0.25) is 0 Å². The van der Waals surface area contributed by atoms with Crippen LogP contribution in [-0.2, 0) is 9.47 Å². The van der Waals surface area contributed by atoms with Gasteiger partial charge in [-0.2, -0.15) is 0 Å². The van der Waals surface area contributed by atoms with Crippen LogP contribution in [0.1, 0.15) is 32.1 Å². The van der Waals surface area contributed by atoms with Gasteiger partial charge in [-0.25, -0.2) is 0 Å². The summed E-state index contributed by atoms with van der Waals surface area (Å²) in [5.74, 6) is 0. The van der Waals surface area contributed by atoms with Crippen molar-refractivity contribution < 1.29 is 19.7 Å². The first-order valence-corrected chi connectivity index (χ1v) is 7.17. The van der Waals surface area contributed by atoms with Crippen LogP contribution in [0.3, 0.4) is 0 Å². The third kappa shape index (κ3) is 1.98. The number of aliphatic hydroxyl groups excluding tert-OH is 2. The zero-order chi connectivity index (χ0) is 13.1. The fourth-order valence-corrected chi connectivity index (χ4v) is 4.16. The number of fused-ring (bicyclic) bond motifs is 4. The van der Waals surface area contributed by atoms with Gasteiger partial charge in [0.25, 0.3) is 0 Å². The summed E-state index contributed by atoms with van der Waals surface area (Å²) >= 11 is 0. The van der Waals surface area contributed by atoms with Gasteiger partial charge in [-0.1, -0.05) is 24.3 Å². The van der Waals surface area contributed by atoms with Gasteiger partial charge in [0, 0.05) is 32.1 Å². The first-order valence-electron chi connectivity index (χ1n) is 7.17. The average molecular weight is 264 g/mol. The lowest BCUT2D eigenvalue weighted by atomic mass is 9.79. The summed E-state index contributed by atoms with van der Waals surface area (Å²) in [6.07, 6.45) is 11.1. The summed E-state index contributed by atoms with van der Waals surface area (Å²) < 4.78 is 12.1. The van der Waals surface area contributed by atoms with Gasteiger partial charge in [-0.3, -0.25) is 0 Å². The quantitative estimate of drug-likeness (QED) is 0.733. The van der Waals surface area contributed by atoms with E-state index in [-0.39, 0.29) is 24.4 Å². The van der Waals surface area contributed by atoms with Crippen molar-refractivity contribution in [2.45, 2.75) is 67.7 Å². The first kappa shape index (κ1) is 12.1. The van der Waals surface area contributed by atoms with E-state index in [1.807, 2.05) is 0 Å². The molecule has 6 atom stereocenters. The first-order chi connectivity index (χ1) is 9.07. The summed E-state index contributed by atoms with van der Waals surface area (Å²) in [5, 5.41) is 20.0. The molecule has 19 heavy (non-hydrogen) atoms. The number of hydrogen-bond acceptors (Lipinski definition) is 4. The van der Waals surface area contributed by atoms with Crippen molar-refractivity contribution in [2.75, 3.05) is 0 Å². The van der Waals surface area contributed by atoms with Gasteiger partial charge in [0.05, 0.1) is 35.6 Å². The fraction of sp³-hybridized carbons (Fsp3) is 0.733. The van der Waals surface area contributed by atoms with E-state index in [0.29, 0.717) is 32.1 Å². The number of rotatable bonds is 2. The molecule has 4 aliphatic rings. The molecule has 4 rings (SSSR count). The fourth-order valence-electron chi connectivity index (χ4n) is 4.16. The van der Waals surface area contributed by atoms with Crippen LogP contribution < -0.4 is 0 Å². The molecule has 0 radical (unpaired) electrons. The topological polar surface area (TPSA) is 58.9 Å². The van der Waals surface area contributed by atoms with Crippen molar-refractivity contribution in [3.63, 3.8) is 0 Å². The molecule has 4 heterocycles. The molecule has 2 saturated heterocycles. The van der Waals surface area contributed by atoms with E-state index in [4.69, 9.17) is 9.47 Å². The Kier molecular flexibility index (Phi) is 2.49. The average Bonchev–Trinajstić information content (AvgIpc) is 2.76. The Bertz CT molecular complexity index is 405. The van der Waals surface area contributed by atoms with E-state index in [1.165, 1.54) is 0 Å². The number of aliphatic hydroxyl groups is 2. The van der Waals surface area contributed by atoms with Gasteiger partial charge in [-0.05, 0) is 0 Å². The minimum Gasteiger partial charge on any atom is -0.393 e. The highest BCUT2D eigenvalue weighted by Gasteiger charge is 2.51. The minimum absolute atomic E-state index is 0.0369. The van der Waals surface area contributed by atoms with Crippen LogP contribution in [-0.4, -0.2) is 45.8 Å². The van der Waals surface area contributed by atoms with Crippen molar-refractivity contribution in [3.8, 4) is 0 Å². The Morgan fingerprint density at radius 3 is 1.84 bits per heavy atom. The second kappa shape index (κ2) is 3.92. The maximum atomic E-state index is 9.98. The van der Waals surface area contributed by atoms with Gasteiger partial charge in [0.15, 0.2) is 0 Å². The third-order valence-corrected chi connectivity index (χ3v) is 4.77. The van der Waals surface area contributed by atoms with Crippen LogP contribution in [0.4, 0.5) is 0 Å². The number of hydrogen-bond donors (Lipinski definition) is 2. The molecular formula is C15H20O4. The molecular weight excluding hydrogens is 244 g/mol. The lowest BCUT2D eigenvalue weighted by Crippen LogP contribution is -2.49. The minimum atomic E-state index is -0.418. The second-order valence-electron chi connectivity index (χ2n) is 6.52. The molecule has 4 nitrogen and oxygen atoms in total. The summed E-state index contributed by atoms with van der Waals surface area (Å²) in [5.41, 5.74) is -0.836. The maximum Gasteiger partial charge on any atom is 0.0926 e. The summed E-state index contributed by atoms with van der Waals surface area (Å²) in [7, 11) is 0. The standard InChI is InChI=1S/C15H20O4/c16-10-5-12-1-3-14(7-10,18-12)9-15-4-2-13(19-15)6-11(17)8-15/h1-4,10-13,16-17H,5-9H2/t10-,11-,12+,13+,14-,15-/m0/s1. The Morgan fingerprint density at radius 1 is 0.895 bits per heavy atom. The lowest BCUT2D eigenvalue weighted by molar-refractivity contribution is -0.165. The molecule has 0 aliphatic carbocycles. The molecule has 0 aromatic rings. The normalized spacial score (nSPS) is 54.8. The molecule has 0 aromatic heterocycles. The van der Waals surface area contributed by atoms with Gasteiger partial charge in [-0.15, -0.1) is 0 Å². The smallest absolute Gasteiger partial charge is 0.0926 e. The SMILES string of the molecule is O[C@H]1C[C@H]2C=C[C@@](C[C@]34C=C[C@H](C[C@H](O)C3)O4)(C1)O2. The zero-order valence-corrected chi connectivity index (χ0v) is 10.9. The van der Waals surface area contributed by atoms with E-state index in [1.54, 1.807) is 0 Å². The van der Waals surface area contributed by atoms with Crippen molar-refractivity contribution in [1.29, 1.82) is 0 Å². The second-order valence-corrected chi connectivity index (χ2v) is 6.52. The molecule has 2 fully saturated rings. The summed E-state index contributed by atoms with van der Waals surface area (Å²) in [6, 6.07) is 0. The molecule has 0 saturated carbocycles. The van der Waals surface area contributed by atoms with Crippen molar-refractivity contribution in [3.05, 3.63) is 24.3 Å². The largest absolute Gasteiger partial charge is 0.393 e. The molecule has 0 spiro atoms. The molecule has 4 aliphatic heterocycles. The summed E-state index contributed by atoms with van der Waals surface area (Å²) in [4.78, 5) is 0. The molecule has 0 aromatic carbocycles. The highest BCUT2D eigenvalue weighted by Crippen LogP contribution is 2.47. The monoisotopic (exact) mass is 264 g/mol. The highest BCUT2D eigenvalue weighted by molar-refractivity contribution is 5.24. The van der Waals surface area contributed by atoms with Crippen LogP contribution >= 0.6 is 0 Å². The molecule has 0 unspecified atom stereocenters. The van der Waals surface area contributed by atoms with Crippen LogP contribution in [0.5, 0.6) is 0 Å². The van der Waals surface area contributed by atoms with Gasteiger partial charge >= 0.3 is 0 Å². The molecule has 4 heteroatoms. The van der Waals surface area contributed by atoms with Gasteiger partial charge < -0.3 is 19.7 Å². The van der Waals surface area contributed by atoms with E-state index in [0.717, 1.165) is 0 Å². The molecule has 4 bridgehead atoms. The van der Waals surface area contributed by atoms with Gasteiger partial charge in [0.2, 0.25) is 0 Å². The van der Waals surface area contributed by atoms with Gasteiger partial charge in [0.1, 0.15) is 0 Å². The zero-order valence-electron chi connectivity index (χ0n) is 10.9. The summed E-state index contributed by atoms with van der Waals surface area (Å²) in [6.45, 7) is 0. The van der Waals surface area contributed by atoms with Crippen LogP contribution in [0.15, 0.2) is 24.3 Å². The van der Waals surface area contributed by atoms with E-state index < -0.39 is 11.2 Å². The Morgan fingerprint density at radius 2 is 1.37 bits per heavy atom. The highest BCUT2D eigenvalue weighted by atomic mass is 16.5. The van der Waals surface area contributed by atoms with Crippen LogP contribution in [0.25, 0.3) is 0 Å². The van der Waals surface area contributed by atoms with E-state index in [2.05, 4.69) is 24.3 Å². The van der Waals surface area contributed by atoms with Crippen molar-refractivity contribution in [2.24, 2.45) is 0 Å².